The molecule has 1 aliphatic rings. The molecule has 1 saturated heterocycles. The molecule has 1 aliphatic heterocycles. The van der Waals surface area contributed by atoms with Crippen molar-refractivity contribution in [2.75, 3.05) is 13.1 Å². The Kier molecular flexibility index (Phi) is 2.83. The van der Waals surface area contributed by atoms with Crippen LogP contribution in [-0.2, 0) is 10.3 Å². The van der Waals surface area contributed by atoms with Crippen LogP contribution in [-0.4, -0.2) is 19.2 Å². The average Bonchev–Trinajstić information content (AvgIpc) is 2.60. The van der Waals surface area contributed by atoms with Gasteiger partial charge >= 0.3 is 6.09 Å². The van der Waals surface area contributed by atoms with E-state index in [1.807, 2.05) is 13.8 Å². The first-order chi connectivity index (χ1) is 7.98. The molecule has 0 bridgehead atoms. The van der Waals surface area contributed by atoms with Crippen molar-refractivity contribution in [3.63, 3.8) is 0 Å². The molecule has 1 unspecified atom stereocenters. The Morgan fingerprint density at radius 3 is 2.35 bits per heavy atom. The summed E-state index contributed by atoms with van der Waals surface area (Å²) in [7, 11) is 0. The van der Waals surface area contributed by atoms with Gasteiger partial charge in [-0.1, -0.05) is 17.7 Å². The van der Waals surface area contributed by atoms with E-state index in [1.54, 1.807) is 0 Å². The molecule has 2 rings (SSSR count). The van der Waals surface area contributed by atoms with Gasteiger partial charge in [-0.3, -0.25) is 0 Å². The standard InChI is InChI=1S/C13H18N2O2/c1-8-4-9(2)11(10(3)5-8)13(6-14)7-15-12(16)17-13/h4-5H,6-7,14H2,1-3H3,(H,15,16). The quantitative estimate of drug-likeness (QED) is 0.815. The maximum atomic E-state index is 11.3. The highest BCUT2D eigenvalue weighted by atomic mass is 16.6. The predicted molar refractivity (Wildman–Crippen MR) is 65.9 cm³/mol. The molecular weight excluding hydrogens is 216 g/mol. The Hall–Kier alpha value is -1.55. The number of amides is 1. The van der Waals surface area contributed by atoms with Gasteiger partial charge in [-0.25, -0.2) is 4.79 Å². The summed E-state index contributed by atoms with van der Waals surface area (Å²) in [5.41, 5.74) is 9.58. The van der Waals surface area contributed by atoms with Crippen molar-refractivity contribution in [2.24, 2.45) is 5.73 Å². The lowest BCUT2D eigenvalue weighted by atomic mass is 9.86. The molecular formula is C13H18N2O2. The van der Waals surface area contributed by atoms with Crippen LogP contribution < -0.4 is 11.1 Å². The number of ether oxygens (including phenoxy) is 1. The zero-order valence-electron chi connectivity index (χ0n) is 10.5. The number of nitrogens with one attached hydrogen (secondary N) is 1. The molecule has 0 radical (unpaired) electrons. The largest absolute Gasteiger partial charge is 0.435 e. The van der Waals surface area contributed by atoms with E-state index in [-0.39, 0.29) is 6.54 Å². The maximum absolute atomic E-state index is 11.3. The van der Waals surface area contributed by atoms with Crippen LogP contribution in [0, 0.1) is 20.8 Å². The first-order valence-corrected chi connectivity index (χ1v) is 5.74. The Morgan fingerprint density at radius 1 is 1.35 bits per heavy atom. The van der Waals surface area contributed by atoms with E-state index in [1.165, 1.54) is 5.56 Å². The van der Waals surface area contributed by atoms with Crippen molar-refractivity contribution < 1.29 is 9.53 Å². The third kappa shape index (κ3) is 1.89. The van der Waals surface area contributed by atoms with E-state index >= 15 is 0 Å². The predicted octanol–water partition coefficient (Wildman–Crippen LogP) is 1.51. The van der Waals surface area contributed by atoms with E-state index in [0.717, 1.165) is 16.7 Å². The van der Waals surface area contributed by atoms with Gasteiger partial charge in [0, 0.05) is 12.1 Å². The van der Waals surface area contributed by atoms with Gasteiger partial charge in [0.15, 0.2) is 5.60 Å². The Bertz CT molecular complexity index is 447. The second kappa shape index (κ2) is 4.04. The number of hydrogen-bond acceptors (Lipinski definition) is 3. The zero-order valence-corrected chi connectivity index (χ0v) is 10.5. The van der Waals surface area contributed by atoms with Crippen LogP contribution in [0.15, 0.2) is 12.1 Å². The second-order valence-electron chi connectivity index (χ2n) is 4.72. The SMILES string of the molecule is Cc1cc(C)c(C2(CN)CNC(=O)O2)c(C)c1. The third-order valence-electron chi connectivity index (χ3n) is 3.27. The highest BCUT2D eigenvalue weighted by Gasteiger charge is 2.42. The van der Waals surface area contributed by atoms with Crippen LogP contribution in [0.4, 0.5) is 4.79 Å². The Morgan fingerprint density at radius 2 is 1.94 bits per heavy atom. The zero-order chi connectivity index (χ0) is 12.6. The molecule has 92 valence electrons. The monoisotopic (exact) mass is 234 g/mol. The minimum absolute atomic E-state index is 0.288. The van der Waals surface area contributed by atoms with Crippen LogP contribution in [0.25, 0.3) is 0 Å². The number of cyclic esters (lactones) is 1. The topological polar surface area (TPSA) is 64.3 Å². The summed E-state index contributed by atoms with van der Waals surface area (Å²) in [6.07, 6.45) is -0.394. The molecule has 3 N–H and O–H groups in total. The summed E-state index contributed by atoms with van der Waals surface area (Å²) in [6.45, 7) is 6.83. The first kappa shape index (κ1) is 11.9. The van der Waals surface area contributed by atoms with Crippen LogP contribution in [0.1, 0.15) is 22.3 Å². The molecule has 1 fully saturated rings. The summed E-state index contributed by atoms with van der Waals surface area (Å²) in [6, 6.07) is 4.18. The number of nitrogens with two attached hydrogens (primary N) is 1. The number of benzene rings is 1. The van der Waals surface area contributed by atoms with Crippen molar-refractivity contribution >= 4 is 6.09 Å². The highest BCUT2D eigenvalue weighted by Crippen LogP contribution is 2.33. The summed E-state index contributed by atoms with van der Waals surface area (Å²) in [4.78, 5) is 11.3. The number of aryl methyl sites for hydroxylation is 3. The van der Waals surface area contributed by atoms with Crippen LogP contribution in [0.2, 0.25) is 0 Å². The van der Waals surface area contributed by atoms with E-state index in [2.05, 4.69) is 24.4 Å². The van der Waals surface area contributed by atoms with E-state index in [0.29, 0.717) is 6.54 Å². The van der Waals surface area contributed by atoms with Crippen molar-refractivity contribution in [3.05, 3.63) is 34.4 Å². The van der Waals surface area contributed by atoms with E-state index < -0.39 is 11.7 Å². The molecule has 0 spiro atoms. The summed E-state index contributed by atoms with van der Waals surface area (Å²) in [5, 5.41) is 2.69. The Labute approximate surface area is 101 Å². The summed E-state index contributed by atoms with van der Waals surface area (Å²) in [5.74, 6) is 0. The van der Waals surface area contributed by atoms with Crippen molar-refractivity contribution in [3.8, 4) is 0 Å². The minimum Gasteiger partial charge on any atom is -0.435 e. The van der Waals surface area contributed by atoms with Gasteiger partial charge in [-0.2, -0.15) is 0 Å². The van der Waals surface area contributed by atoms with Crippen LogP contribution in [0.3, 0.4) is 0 Å². The molecule has 17 heavy (non-hydrogen) atoms. The Balaban J connectivity index is 2.55. The van der Waals surface area contributed by atoms with Gasteiger partial charge in [0.05, 0.1) is 6.54 Å². The van der Waals surface area contributed by atoms with Gasteiger partial charge in [0.25, 0.3) is 0 Å². The van der Waals surface area contributed by atoms with Gasteiger partial charge in [0.1, 0.15) is 0 Å². The van der Waals surface area contributed by atoms with Crippen molar-refractivity contribution in [1.29, 1.82) is 0 Å². The lowest BCUT2D eigenvalue weighted by Crippen LogP contribution is -2.40. The molecule has 0 aromatic heterocycles. The molecule has 1 aromatic rings. The van der Waals surface area contributed by atoms with Crippen molar-refractivity contribution in [2.45, 2.75) is 26.4 Å². The highest BCUT2D eigenvalue weighted by molar-refractivity contribution is 5.71. The average molecular weight is 234 g/mol. The fourth-order valence-corrected chi connectivity index (χ4v) is 2.72. The van der Waals surface area contributed by atoms with E-state index in [9.17, 15) is 4.79 Å². The lowest BCUT2D eigenvalue weighted by molar-refractivity contribution is 0.0607. The molecule has 1 atom stereocenters. The molecule has 1 amide bonds. The van der Waals surface area contributed by atoms with Crippen LogP contribution in [0.5, 0.6) is 0 Å². The molecule has 0 saturated carbocycles. The summed E-state index contributed by atoms with van der Waals surface area (Å²) < 4.78 is 5.41. The molecule has 1 aromatic carbocycles. The number of hydrogen-bond donors (Lipinski definition) is 2. The van der Waals surface area contributed by atoms with Crippen molar-refractivity contribution in [1.82, 2.24) is 5.32 Å². The van der Waals surface area contributed by atoms with Gasteiger partial charge in [-0.05, 0) is 31.9 Å². The fraction of sp³-hybridized carbons (Fsp3) is 0.462. The number of rotatable bonds is 2. The van der Waals surface area contributed by atoms with Crippen LogP contribution >= 0.6 is 0 Å². The number of carbonyl (C=O) groups is 1. The number of carbonyl (C=O) groups excluding carboxylic acids is 1. The normalized spacial score (nSPS) is 23.4. The molecule has 4 nitrogen and oxygen atoms in total. The lowest BCUT2D eigenvalue weighted by Gasteiger charge is -2.29. The number of alkyl carbamates (subject to hydrolysis) is 1. The van der Waals surface area contributed by atoms with Gasteiger partial charge in [0.2, 0.25) is 0 Å². The molecule has 1 heterocycles. The molecule has 4 heteroatoms. The van der Waals surface area contributed by atoms with E-state index in [4.69, 9.17) is 10.5 Å². The minimum atomic E-state index is -0.709. The first-order valence-electron chi connectivity index (χ1n) is 5.74. The smallest absolute Gasteiger partial charge is 0.408 e. The fourth-order valence-electron chi connectivity index (χ4n) is 2.72. The maximum Gasteiger partial charge on any atom is 0.408 e. The third-order valence-corrected chi connectivity index (χ3v) is 3.27. The second-order valence-corrected chi connectivity index (χ2v) is 4.72. The molecule has 0 aliphatic carbocycles. The van der Waals surface area contributed by atoms with Gasteiger partial charge < -0.3 is 15.8 Å². The summed E-state index contributed by atoms with van der Waals surface area (Å²) >= 11 is 0. The van der Waals surface area contributed by atoms with Gasteiger partial charge in [-0.15, -0.1) is 0 Å².